The highest BCUT2D eigenvalue weighted by atomic mass is 35.5. The van der Waals surface area contributed by atoms with Crippen molar-refractivity contribution in [3.05, 3.63) is 77.8 Å². The van der Waals surface area contributed by atoms with Crippen molar-refractivity contribution in [2.45, 2.75) is 23.2 Å². The summed E-state index contributed by atoms with van der Waals surface area (Å²) >= 11 is 7.21. The van der Waals surface area contributed by atoms with Crippen LogP contribution in [0.5, 0.6) is 0 Å². The van der Waals surface area contributed by atoms with Crippen LogP contribution >= 0.6 is 23.4 Å². The number of nitrogens with zero attached hydrogens (tertiary/aromatic N) is 3. The molecule has 2 aromatic carbocycles. The second-order valence-corrected chi connectivity index (χ2v) is 7.63. The predicted molar refractivity (Wildman–Crippen MR) is 111 cm³/mol. The van der Waals surface area contributed by atoms with E-state index in [4.69, 9.17) is 16.0 Å². The van der Waals surface area contributed by atoms with Gasteiger partial charge in [0.15, 0.2) is 5.16 Å². The Kier molecular flexibility index (Phi) is 5.42. The molecule has 0 amide bonds. The van der Waals surface area contributed by atoms with Crippen LogP contribution in [0, 0.1) is 0 Å². The second-order valence-electron chi connectivity index (χ2n) is 6.28. The number of hydrogen-bond donors (Lipinski definition) is 1. The van der Waals surface area contributed by atoms with E-state index < -0.39 is 11.9 Å². The zero-order valence-corrected chi connectivity index (χ0v) is 16.9. The first-order valence-corrected chi connectivity index (χ1v) is 9.98. The average molecular weight is 426 g/mol. The summed E-state index contributed by atoms with van der Waals surface area (Å²) < 4.78 is 7.79. The molecule has 2 aromatic heterocycles. The fourth-order valence-electron chi connectivity index (χ4n) is 2.80. The Balaban J connectivity index is 1.73. The number of hydrogen-bond acceptors (Lipinski definition) is 5. The third-order valence-electron chi connectivity index (χ3n) is 4.33. The maximum absolute atomic E-state index is 11.6. The number of aliphatic carboxylic acids is 1. The largest absolute Gasteiger partial charge is 0.481 e. The quantitative estimate of drug-likeness (QED) is 0.438. The minimum absolute atomic E-state index is 0.292. The third kappa shape index (κ3) is 4.06. The topological polar surface area (TPSA) is 81.1 Å². The van der Waals surface area contributed by atoms with Crippen LogP contribution in [0.3, 0.4) is 0 Å². The highest BCUT2D eigenvalue weighted by molar-refractivity contribution is 7.99. The second kappa shape index (κ2) is 8.14. The van der Waals surface area contributed by atoms with E-state index in [0.717, 1.165) is 11.3 Å². The van der Waals surface area contributed by atoms with Gasteiger partial charge in [-0.1, -0.05) is 41.9 Å². The summed E-state index contributed by atoms with van der Waals surface area (Å²) in [6.45, 7) is 1.57. The Morgan fingerprint density at radius 3 is 2.59 bits per heavy atom. The molecule has 0 aliphatic carbocycles. The highest BCUT2D eigenvalue weighted by Crippen LogP contribution is 2.36. The molecule has 1 unspecified atom stereocenters. The number of rotatable bonds is 6. The molecule has 1 atom stereocenters. The molecule has 0 saturated heterocycles. The van der Waals surface area contributed by atoms with Gasteiger partial charge in [-0.2, -0.15) is 0 Å². The van der Waals surface area contributed by atoms with Crippen LogP contribution in [0.4, 0.5) is 0 Å². The molecule has 2 heterocycles. The van der Waals surface area contributed by atoms with Gasteiger partial charge in [-0.3, -0.25) is 9.36 Å². The molecule has 8 heteroatoms. The Morgan fingerprint density at radius 1 is 1.17 bits per heavy atom. The van der Waals surface area contributed by atoms with Crippen LogP contribution < -0.4 is 0 Å². The van der Waals surface area contributed by atoms with Crippen molar-refractivity contribution in [3.63, 3.8) is 0 Å². The van der Waals surface area contributed by atoms with Gasteiger partial charge in [-0.15, -0.1) is 0 Å². The van der Waals surface area contributed by atoms with Crippen LogP contribution in [-0.4, -0.2) is 25.6 Å². The molecule has 4 aromatic rings. The molecular weight excluding hydrogens is 410 g/mol. The molecule has 6 nitrogen and oxygen atoms in total. The molecule has 1 N–H and O–H groups in total. The first-order chi connectivity index (χ1) is 14.0. The number of benzene rings is 2. The van der Waals surface area contributed by atoms with Crippen molar-refractivity contribution in [1.29, 1.82) is 0 Å². The average Bonchev–Trinajstić information content (AvgIpc) is 3.36. The van der Waals surface area contributed by atoms with Crippen LogP contribution in [0.25, 0.3) is 16.9 Å². The van der Waals surface area contributed by atoms with E-state index in [1.54, 1.807) is 37.4 Å². The minimum atomic E-state index is -0.987. The maximum atomic E-state index is 11.6. The molecule has 4 rings (SSSR count). The van der Waals surface area contributed by atoms with Crippen molar-refractivity contribution in [3.8, 4) is 16.9 Å². The van der Waals surface area contributed by atoms with E-state index in [2.05, 4.69) is 9.97 Å². The van der Waals surface area contributed by atoms with E-state index in [1.165, 1.54) is 11.8 Å². The lowest BCUT2D eigenvalue weighted by Gasteiger charge is -2.05. The van der Waals surface area contributed by atoms with Gasteiger partial charge in [0.2, 0.25) is 0 Å². The van der Waals surface area contributed by atoms with Crippen LogP contribution in [0.1, 0.15) is 18.6 Å². The number of imidazole rings is 1. The monoisotopic (exact) mass is 425 g/mol. The Hall–Kier alpha value is -3.03. The van der Waals surface area contributed by atoms with Crippen LogP contribution in [-0.2, 0) is 4.79 Å². The first-order valence-electron chi connectivity index (χ1n) is 8.79. The molecular formula is C21H16ClN3O3S. The standard InChI is InChI=1S/C21H16ClN3O3S/c1-13(19(26)27)18-17(14-7-9-15(22)10-8-14)24-21(28-18)29-20-23-11-12-25(20)16-5-3-2-4-6-16/h2-13H,1H3,(H,26,27). The summed E-state index contributed by atoms with van der Waals surface area (Å²) in [6, 6.07) is 16.8. The summed E-state index contributed by atoms with van der Waals surface area (Å²) in [4.78, 5) is 20.5. The summed E-state index contributed by atoms with van der Waals surface area (Å²) in [7, 11) is 0. The zero-order chi connectivity index (χ0) is 20.4. The van der Waals surface area contributed by atoms with E-state index in [1.807, 2.05) is 41.1 Å². The fraction of sp³-hybridized carbons (Fsp3) is 0.0952. The van der Waals surface area contributed by atoms with Gasteiger partial charge in [-0.05, 0) is 31.2 Å². The number of halogens is 1. The van der Waals surface area contributed by atoms with Crippen molar-refractivity contribution in [1.82, 2.24) is 14.5 Å². The number of carboxylic acids is 1. The maximum Gasteiger partial charge on any atom is 0.314 e. The molecule has 0 saturated carbocycles. The smallest absolute Gasteiger partial charge is 0.314 e. The normalized spacial score (nSPS) is 12.1. The Labute approximate surface area is 176 Å². The van der Waals surface area contributed by atoms with E-state index in [0.29, 0.717) is 26.9 Å². The number of aromatic nitrogens is 3. The minimum Gasteiger partial charge on any atom is -0.481 e. The lowest BCUT2D eigenvalue weighted by Crippen LogP contribution is -2.07. The summed E-state index contributed by atoms with van der Waals surface area (Å²) in [5.41, 5.74) is 2.17. The number of oxazole rings is 1. The van der Waals surface area contributed by atoms with Gasteiger partial charge in [0.1, 0.15) is 17.4 Å². The van der Waals surface area contributed by atoms with Gasteiger partial charge in [0, 0.05) is 40.4 Å². The molecule has 0 fully saturated rings. The number of para-hydroxylation sites is 1. The molecule has 0 aliphatic rings. The van der Waals surface area contributed by atoms with Crippen LogP contribution in [0.2, 0.25) is 5.02 Å². The highest BCUT2D eigenvalue weighted by Gasteiger charge is 2.26. The van der Waals surface area contributed by atoms with Gasteiger partial charge in [0.05, 0.1) is 0 Å². The van der Waals surface area contributed by atoms with Gasteiger partial charge < -0.3 is 9.52 Å². The van der Waals surface area contributed by atoms with Crippen molar-refractivity contribution < 1.29 is 14.3 Å². The molecule has 0 spiro atoms. The summed E-state index contributed by atoms with van der Waals surface area (Å²) in [5.74, 6) is -1.55. The Morgan fingerprint density at radius 2 is 1.90 bits per heavy atom. The predicted octanol–water partition coefficient (Wildman–Crippen LogP) is 5.52. The van der Waals surface area contributed by atoms with Gasteiger partial charge in [0.25, 0.3) is 5.22 Å². The van der Waals surface area contributed by atoms with Gasteiger partial charge >= 0.3 is 5.97 Å². The molecule has 0 bridgehead atoms. The van der Waals surface area contributed by atoms with E-state index >= 15 is 0 Å². The van der Waals surface area contributed by atoms with Crippen molar-refractivity contribution in [2.75, 3.05) is 0 Å². The molecule has 0 radical (unpaired) electrons. The third-order valence-corrected chi connectivity index (χ3v) is 5.42. The number of carboxylic acid groups (broad SMARTS) is 1. The summed E-state index contributed by atoms with van der Waals surface area (Å²) in [5, 5.41) is 11.0. The SMILES string of the molecule is CC(C(=O)O)c1oc(Sc2nccn2-c2ccccc2)nc1-c1ccc(Cl)cc1. The van der Waals surface area contributed by atoms with Crippen molar-refractivity contribution in [2.24, 2.45) is 0 Å². The first kappa shape index (κ1) is 19.3. The van der Waals surface area contributed by atoms with Crippen LogP contribution in [0.15, 0.2) is 81.8 Å². The van der Waals surface area contributed by atoms with Gasteiger partial charge in [-0.25, -0.2) is 9.97 Å². The van der Waals surface area contributed by atoms with E-state index in [-0.39, 0.29) is 0 Å². The Bertz CT molecular complexity index is 1140. The fourth-order valence-corrected chi connectivity index (χ4v) is 3.73. The molecule has 146 valence electrons. The summed E-state index contributed by atoms with van der Waals surface area (Å²) in [6.07, 6.45) is 3.54. The molecule has 29 heavy (non-hydrogen) atoms. The number of carbonyl (C=O) groups is 1. The molecule has 0 aliphatic heterocycles. The van der Waals surface area contributed by atoms with E-state index in [9.17, 15) is 9.90 Å². The lowest BCUT2D eigenvalue weighted by molar-refractivity contribution is -0.138. The lowest BCUT2D eigenvalue weighted by atomic mass is 10.0. The van der Waals surface area contributed by atoms with Crippen molar-refractivity contribution >= 4 is 29.3 Å². The zero-order valence-electron chi connectivity index (χ0n) is 15.3.